The van der Waals surface area contributed by atoms with E-state index in [0.29, 0.717) is 33.9 Å². The second-order valence-electron chi connectivity index (χ2n) is 7.72. The Bertz CT molecular complexity index is 1420. The molecule has 1 saturated heterocycles. The molecular formula is C25H15BrClIN2O6. The number of halogens is 3. The zero-order valence-corrected chi connectivity index (χ0v) is 22.7. The molecule has 0 radical (unpaired) electrons. The molecular weight excluding hydrogens is 667 g/mol. The van der Waals surface area contributed by atoms with E-state index in [2.05, 4.69) is 43.8 Å². The normalized spacial score (nSPS) is 15.9. The van der Waals surface area contributed by atoms with Crippen LogP contribution in [0.5, 0.6) is 17.2 Å². The number of amides is 4. The molecule has 4 amide bonds. The summed E-state index contributed by atoms with van der Waals surface area (Å²) in [5, 5.41) is 2.48. The van der Waals surface area contributed by atoms with Crippen LogP contribution in [0.15, 0.2) is 64.6 Å². The zero-order valence-electron chi connectivity index (χ0n) is 18.2. The number of carbonyl (C=O) groups is 3. The number of nitrogens with one attached hydrogen (secondary N) is 1. The van der Waals surface area contributed by atoms with Gasteiger partial charge in [-0.25, -0.2) is 9.69 Å². The van der Waals surface area contributed by atoms with E-state index in [1.807, 2.05) is 24.3 Å². The van der Waals surface area contributed by atoms with Gasteiger partial charge in [0.15, 0.2) is 17.2 Å². The van der Waals surface area contributed by atoms with Crippen molar-refractivity contribution < 1.29 is 28.6 Å². The second kappa shape index (κ2) is 10.1. The first-order chi connectivity index (χ1) is 17.3. The van der Waals surface area contributed by atoms with E-state index in [0.717, 1.165) is 14.0 Å². The Morgan fingerprint density at radius 1 is 1.06 bits per heavy atom. The van der Waals surface area contributed by atoms with Crippen LogP contribution in [0.3, 0.4) is 0 Å². The van der Waals surface area contributed by atoms with Crippen molar-refractivity contribution >= 4 is 79.7 Å². The first-order valence-corrected chi connectivity index (χ1v) is 12.7. The van der Waals surface area contributed by atoms with Gasteiger partial charge in [-0.1, -0.05) is 23.7 Å². The van der Waals surface area contributed by atoms with Gasteiger partial charge in [-0.05, 0) is 92.1 Å². The molecule has 0 aromatic heterocycles. The highest BCUT2D eigenvalue weighted by atomic mass is 127. The molecule has 0 aliphatic carbocycles. The lowest BCUT2D eigenvalue weighted by Gasteiger charge is -2.26. The van der Waals surface area contributed by atoms with E-state index in [4.69, 9.17) is 25.8 Å². The van der Waals surface area contributed by atoms with Crippen molar-refractivity contribution in [1.29, 1.82) is 0 Å². The lowest BCUT2D eigenvalue weighted by Crippen LogP contribution is -2.54. The largest absolute Gasteiger partial charge is 0.486 e. The maximum absolute atomic E-state index is 13.2. The third kappa shape index (κ3) is 4.93. The minimum absolute atomic E-state index is 0.0443. The topological polar surface area (TPSA) is 94.2 Å². The van der Waals surface area contributed by atoms with Gasteiger partial charge < -0.3 is 14.2 Å². The van der Waals surface area contributed by atoms with E-state index in [-0.39, 0.29) is 23.1 Å². The summed E-state index contributed by atoms with van der Waals surface area (Å²) in [6, 6.07) is 14.9. The summed E-state index contributed by atoms with van der Waals surface area (Å²) in [5.41, 5.74) is 1.44. The molecule has 11 heteroatoms. The van der Waals surface area contributed by atoms with Crippen molar-refractivity contribution in [3.8, 4) is 17.2 Å². The number of fused-ring (bicyclic) bond motifs is 1. The van der Waals surface area contributed by atoms with Crippen LogP contribution in [0.1, 0.15) is 11.1 Å². The quantitative estimate of drug-likeness (QED) is 0.212. The van der Waals surface area contributed by atoms with Crippen LogP contribution in [-0.2, 0) is 16.2 Å². The number of imide groups is 2. The van der Waals surface area contributed by atoms with Crippen LogP contribution in [0.25, 0.3) is 6.08 Å². The van der Waals surface area contributed by atoms with E-state index in [9.17, 15) is 14.4 Å². The third-order valence-corrected chi connectivity index (χ3v) is 6.93. The summed E-state index contributed by atoms with van der Waals surface area (Å²) >= 11 is 12.1. The Hall–Kier alpha value is -3.09. The van der Waals surface area contributed by atoms with Crippen molar-refractivity contribution in [2.24, 2.45) is 0 Å². The Labute approximate surface area is 232 Å². The number of anilines is 1. The fourth-order valence-corrected chi connectivity index (χ4v) is 4.97. The number of carbonyl (C=O) groups excluding carboxylic acids is 3. The number of urea groups is 1. The first kappa shape index (κ1) is 24.6. The Morgan fingerprint density at radius 2 is 1.81 bits per heavy atom. The summed E-state index contributed by atoms with van der Waals surface area (Å²) < 4.78 is 18.1. The van der Waals surface area contributed by atoms with Gasteiger partial charge in [0.1, 0.15) is 12.2 Å². The summed E-state index contributed by atoms with van der Waals surface area (Å²) in [5.74, 6) is -0.275. The van der Waals surface area contributed by atoms with Crippen LogP contribution in [-0.4, -0.2) is 24.6 Å². The SMILES string of the molecule is O=C1NC(=O)N(c2ccc3c(c2)OCO3)C(=O)/C1=C/c1cc(Cl)c(OCc2ccc(I)cc2)c(Br)c1. The molecule has 3 aromatic rings. The molecule has 36 heavy (non-hydrogen) atoms. The molecule has 8 nitrogen and oxygen atoms in total. The average molecular weight is 682 g/mol. The van der Waals surface area contributed by atoms with Gasteiger partial charge in [0.25, 0.3) is 11.8 Å². The highest BCUT2D eigenvalue weighted by Gasteiger charge is 2.37. The molecule has 2 aliphatic heterocycles. The van der Waals surface area contributed by atoms with E-state index >= 15 is 0 Å². The average Bonchev–Trinajstić information content (AvgIpc) is 3.30. The maximum atomic E-state index is 13.2. The lowest BCUT2D eigenvalue weighted by atomic mass is 10.1. The minimum atomic E-state index is -0.862. The van der Waals surface area contributed by atoms with Gasteiger partial charge >= 0.3 is 6.03 Å². The van der Waals surface area contributed by atoms with Crippen molar-refractivity contribution in [2.75, 3.05) is 11.7 Å². The summed E-state index contributed by atoms with van der Waals surface area (Å²) in [4.78, 5) is 39.1. The number of hydrogen-bond donors (Lipinski definition) is 1. The summed E-state index contributed by atoms with van der Waals surface area (Å²) in [6.07, 6.45) is 1.36. The molecule has 2 aliphatic rings. The summed E-state index contributed by atoms with van der Waals surface area (Å²) in [7, 11) is 0. The van der Waals surface area contributed by atoms with E-state index in [1.54, 1.807) is 18.2 Å². The predicted octanol–water partition coefficient (Wildman–Crippen LogP) is 5.68. The highest BCUT2D eigenvalue weighted by molar-refractivity contribution is 14.1. The standard InChI is InChI=1S/C25H15BrClIN2O6/c26-18-8-14(9-19(27)22(18)34-11-13-1-3-15(28)4-2-13)7-17-23(31)29-25(33)30(24(17)32)16-5-6-20-21(10-16)36-12-35-20/h1-10H,11-12H2,(H,29,31,33)/b17-7+. The molecule has 1 fully saturated rings. The molecule has 0 atom stereocenters. The maximum Gasteiger partial charge on any atom is 0.335 e. The lowest BCUT2D eigenvalue weighted by molar-refractivity contribution is -0.122. The van der Waals surface area contributed by atoms with Crippen LogP contribution in [0, 0.1) is 3.57 Å². The van der Waals surface area contributed by atoms with Gasteiger partial charge in [-0.3, -0.25) is 14.9 Å². The number of hydrogen-bond acceptors (Lipinski definition) is 6. The molecule has 0 saturated carbocycles. The number of benzene rings is 3. The van der Waals surface area contributed by atoms with Gasteiger partial charge in [-0.2, -0.15) is 0 Å². The molecule has 182 valence electrons. The smallest absolute Gasteiger partial charge is 0.335 e. The van der Waals surface area contributed by atoms with Gasteiger partial charge in [0.05, 0.1) is 15.2 Å². The zero-order chi connectivity index (χ0) is 25.4. The van der Waals surface area contributed by atoms with Crippen molar-refractivity contribution in [3.05, 3.63) is 84.4 Å². The fourth-order valence-electron chi connectivity index (χ4n) is 3.62. The van der Waals surface area contributed by atoms with Gasteiger partial charge in [0, 0.05) is 9.64 Å². The van der Waals surface area contributed by atoms with Crippen molar-refractivity contribution in [3.63, 3.8) is 0 Å². The molecule has 3 aromatic carbocycles. The predicted molar refractivity (Wildman–Crippen MR) is 144 cm³/mol. The third-order valence-electron chi connectivity index (χ3n) is 5.34. The van der Waals surface area contributed by atoms with Crippen LogP contribution >= 0.6 is 50.1 Å². The highest BCUT2D eigenvalue weighted by Crippen LogP contribution is 2.38. The Balaban J connectivity index is 1.40. The monoisotopic (exact) mass is 680 g/mol. The number of ether oxygens (including phenoxy) is 3. The number of nitrogens with zero attached hydrogens (tertiary/aromatic N) is 1. The number of barbiturate groups is 1. The molecule has 0 spiro atoms. The molecule has 5 rings (SSSR count). The van der Waals surface area contributed by atoms with Gasteiger partial charge in [-0.15, -0.1) is 0 Å². The van der Waals surface area contributed by atoms with E-state index < -0.39 is 17.8 Å². The van der Waals surface area contributed by atoms with E-state index in [1.165, 1.54) is 18.2 Å². The minimum Gasteiger partial charge on any atom is -0.486 e. The van der Waals surface area contributed by atoms with Crippen molar-refractivity contribution in [2.45, 2.75) is 6.61 Å². The molecule has 1 N–H and O–H groups in total. The molecule has 2 heterocycles. The van der Waals surface area contributed by atoms with Crippen LogP contribution in [0.2, 0.25) is 5.02 Å². The van der Waals surface area contributed by atoms with Crippen LogP contribution in [0.4, 0.5) is 10.5 Å². The molecule has 0 unspecified atom stereocenters. The Morgan fingerprint density at radius 3 is 2.56 bits per heavy atom. The van der Waals surface area contributed by atoms with Crippen molar-refractivity contribution in [1.82, 2.24) is 5.32 Å². The molecule has 0 bridgehead atoms. The first-order valence-electron chi connectivity index (χ1n) is 10.5. The number of rotatable bonds is 5. The Kier molecular flexibility index (Phi) is 6.91. The summed E-state index contributed by atoms with van der Waals surface area (Å²) in [6.45, 7) is 0.353. The van der Waals surface area contributed by atoms with Gasteiger partial charge in [0.2, 0.25) is 6.79 Å². The fraction of sp³-hybridized carbons (Fsp3) is 0.0800. The second-order valence-corrected chi connectivity index (χ2v) is 10.2. The van der Waals surface area contributed by atoms with Crippen LogP contribution < -0.4 is 24.4 Å².